The van der Waals surface area contributed by atoms with Gasteiger partial charge in [-0.05, 0) is 19.3 Å². The van der Waals surface area contributed by atoms with E-state index >= 15 is 0 Å². The molecular formula is C19H38O4. The molecule has 0 aromatic rings. The summed E-state index contributed by atoms with van der Waals surface area (Å²) in [6.45, 7) is 2.73. The lowest BCUT2D eigenvalue weighted by molar-refractivity contribution is 0.00585. The van der Waals surface area contributed by atoms with E-state index in [0.717, 1.165) is 25.7 Å². The molecule has 3 N–H and O–H groups in total. The summed E-state index contributed by atoms with van der Waals surface area (Å²) in [4.78, 5) is 0. The molecule has 0 amide bonds. The number of aliphatic hydroxyl groups excluding tert-OH is 3. The van der Waals surface area contributed by atoms with E-state index in [1.807, 2.05) is 12.2 Å². The molecule has 0 aromatic carbocycles. The van der Waals surface area contributed by atoms with Crippen molar-refractivity contribution in [1.82, 2.24) is 0 Å². The van der Waals surface area contributed by atoms with E-state index in [2.05, 4.69) is 6.92 Å². The summed E-state index contributed by atoms with van der Waals surface area (Å²) in [5, 5.41) is 27.6. The molecule has 0 rings (SSSR count). The van der Waals surface area contributed by atoms with Gasteiger partial charge < -0.3 is 20.1 Å². The number of allylic oxidation sites excluding steroid dienone is 1. The molecule has 0 bridgehead atoms. The molecule has 0 saturated carbocycles. The second kappa shape index (κ2) is 17.9. The van der Waals surface area contributed by atoms with Gasteiger partial charge in [0.15, 0.2) is 0 Å². The fourth-order valence-corrected chi connectivity index (χ4v) is 2.41. The first-order valence-corrected chi connectivity index (χ1v) is 9.42. The standard InChI is InChI=1S/C19H38O4/c1-2-3-4-5-6-7-8-10-13-18(21)14-11-9-12-15-23-17-19(22)16-20/h11,14,18-22H,2-10,12-13,15-17H2,1H3/b14-11+/t18-,19+/m1/s1. The predicted octanol–water partition coefficient (Wildman–Crippen LogP) is 3.58. The minimum atomic E-state index is -0.779. The number of ether oxygens (including phenoxy) is 1. The zero-order valence-corrected chi connectivity index (χ0v) is 15.0. The first kappa shape index (κ1) is 22.6. The average Bonchev–Trinajstić information content (AvgIpc) is 2.56. The quantitative estimate of drug-likeness (QED) is 0.282. The van der Waals surface area contributed by atoms with Crippen LogP contribution in [0.1, 0.15) is 77.6 Å². The van der Waals surface area contributed by atoms with Crippen LogP contribution in [0.5, 0.6) is 0 Å². The molecule has 4 heteroatoms. The van der Waals surface area contributed by atoms with Gasteiger partial charge in [-0.25, -0.2) is 0 Å². The average molecular weight is 331 g/mol. The molecule has 0 saturated heterocycles. The Morgan fingerprint density at radius 2 is 1.57 bits per heavy atom. The molecule has 2 atom stereocenters. The topological polar surface area (TPSA) is 69.9 Å². The molecule has 0 aromatic heterocycles. The summed E-state index contributed by atoms with van der Waals surface area (Å²) in [6, 6.07) is 0. The summed E-state index contributed by atoms with van der Waals surface area (Å²) in [5.41, 5.74) is 0. The third-order valence-electron chi connectivity index (χ3n) is 3.89. The van der Waals surface area contributed by atoms with Crippen LogP contribution in [-0.2, 0) is 4.74 Å². The van der Waals surface area contributed by atoms with Gasteiger partial charge in [-0.3, -0.25) is 0 Å². The summed E-state index contributed by atoms with van der Waals surface area (Å²) in [5.74, 6) is 0. The Balaban J connectivity index is 3.30. The van der Waals surface area contributed by atoms with Gasteiger partial charge in [0.05, 0.1) is 19.3 Å². The maximum absolute atomic E-state index is 9.85. The zero-order valence-electron chi connectivity index (χ0n) is 15.0. The highest BCUT2D eigenvalue weighted by atomic mass is 16.5. The first-order chi connectivity index (χ1) is 11.2. The highest BCUT2D eigenvalue weighted by molar-refractivity contribution is 4.88. The minimum Gasteiger partial charge on any atom is -0.394 e. The first-order valence-electron chi connectivity index (χ1n) is 9.42. The minimum absolute atomic E-state index is 0.182. The van der Waals surface area contributed by atoms with Crippen molar-refractivity contribution in [3.8, 4) is 0 Å². The van der Waals surface area contributed by atoms with Crippen molar-refractivity contribution in [2.45, 2.75) is 89.8 Å². The number of hydrogen-bond acceptors (Lipinski definition) is 4. The van der Waals surface area contributed by atoms with Gasteiger partial charge in [-0.15, -0.1) is 0 Å². The van der Waals surface area contributed by atoms with Gasteiger partial charge in [-0.2, -0.15) is 0 Å². The van der Waals surface area contributed by atoms with Crippen molar-refractivity contribution < 1.29 is 20.1 Å². The largest absolute Gasteiger partial charge is 0.394 e. The third-order valence-corrected chi connectivity index (χ3v) is 3.89. The highest BCUT2D eigenvalue weighted by Gasteiger charge is 2.01. The second-order valence-corrected chi connectivity index (χ2v) is 6.31. The molecular weight excluding hydrogens is 292 g/mol. The normalized spacial score (nSPS) is 14.4. The lowest BCUT2D eigenvalue weighted by atomic mass is 10.1. The third kappa shape index (κ3) is 17.8. The lowest BCUT2D eigenvalue weighted by Crippen LogP contribution is -2.19. The molecule has 23 heavy (non-hydrogen) atoms. The van der Waals surface area contributed by atoms with Crippen LogP contribution in [0.25, 0.3) is 0 Å². The molecule has 4 nitrogen and oxygen atoms in total. The molecule has 138 valence electrons. The van der Waals surface area contributed by atoms with Gasteiger partial charge in [0.1, 0.15) is 6.10 Å². The molecule has 0 fully saturated rings. The maximum Gasteiger partial charge on any atom is 0.100 e. The van der Waals surface area contributed by atoms with Gasteiger partial charge in [0.2, 0.25) is 0 Å². The fraction of sp³-hybridized carbons (Fsp3) is 0.895. The van der Waals surface area contributed by atoms with Crippen LogP contribution >= 0.6 is 0 Å². The lowest BCUT2D eigenvalue weighted by Gasteiger charge is -2.07. The van der Waals surface area contributed by atoms with Gasteiger partial charge in [-0.1, -0.05) is 70.4 Å². The molecule has 0 heterocycles. The van der Waals surface area contributed by atoms with E-state index in [4.69, 9.17) is 14.9 Å². The molecule has 0 aliphatic heterocycles. The Bertz CT molecular complexity index is 256. The smallest absolute Gasteiger partial charge is 0.100 e. The fourth-order valence-electron chi connectivity index (χ4n) is 2.41. The van der Waals surface area contributed by atoms with Crippen LogP contribution in [0.4, 0.5) is 0 Å². The van der Waals surface area contributed by atoms with Crippen LogP contribution in [-0.4, -0.2) is 47.3 Å². The van der Waals surface area contributed by atoms with E-state index in [9.17, 15) is 5.11 Å². The van der Waals surface area contributed by atoms with Gasteiger partial charge in [0.25, 0.3) is 0 Å². The van der Waals surface area contributed by atoms with E-state index in [0.29, 0.717) is 6.61 Å². The van der Waals surface area contributed by atoms with Crippen molar-refractivity contribution in [3.63, 3.8) is 0 Å². The van der Waals surface area contributed by atoms with Crippen LogP contribution in [0.3, 0.4) is 0 Å². The summed E-state index contributed by atoms with van der Waals surface area (Å²) >= 11 is 0. The Morgan fingerprint density at radius 3 is 2.22 bits per heavy atom. The highest BCUT2D eigenvalue weighted by Crippen LogP contribution is 2.11. The molecule has 0 aliphatic carbocycles. The number of rotatable bonds is 17. The van der Waals surface area contributed by atoms with E-state index < -0.39 is 6.10 Å². The maximum atomic E-state index is 9.85. The van der Waals surface area contributed by atoms with Crippen molar-refractivity contribution in [2.24, 2.45) is 0 Å². The Morgan fingerprint density at radius 1 is 0.913 bits per heavy atom. The van der Waals surface area contributed by atoms with E-state index in [1.54, 1.807) is 0 Å². The van der Waals surface area contributed by atoms with Gasteiger partial charge >= 0.3 is 0 Å². The van der Waals surface area contributed by atoms with Crippen LogP contribution in [0.15, 0.2) is 12.2 Å². The summed E-state index contributed by atoms with van der Waals surface area (Å²) in [6.07, 6.45) is 15.7. The van der Waals surface area contributed by atoms with Crippen molar-refractivity contribution in [3.05, 3.63) is 12.2 Å². The van der Waals surface area contributed by atoms with Crippen molar-refractivity contribution >= 4 is 0 Å². The van der Waals surface area contributed by atoms with E-state index in [1.165, 1.54) is 44.9 Å². The van der Waals surface area contributed by atoms with Crippen LogP contribution < -0.4 is 0 Å². The number of hydrogen-bond donors (Lipinski definition) is 3. The van der Waals surface area contributed by atoms with E-state index in [-0.39, 0.29) is 19.3 Å². The van der Waals surface area contributed by atoms with Gasteiger partial charge in [0, 0.05) is 6.61 Å². The number of aliphatic hydroxyl groups is 3. The van der Waals surface area contributed by atoms with Crippen LogP contribution in [0, 0.1) is 0 Å². The zero-order chi connectivity index (χ0) is 17.2. The Hall–Kier alpha value is -0.420. The van der Waals surface area contributed by atoms with Crippen molar-refractivity contribution in [1.29, 1.82) is 0 Å². The molecule has 0 unspecified atom stereocenters. The predicted molar refractivity (Wildman–Crippen MR) is 95.5 cm³/mol. The molecule has 0 aliphatic rings. The summed E-state index contributed by atoms with van der Waals surface area (Å²) in [7, 11) is 0. The number of unbranched alkanes of at least 4 members (excludes halogenated alkanes) is 8. The van der Waals surface area contributed by atoms with Crippen LogP contribution in [0.2, 0.25) is 0 Å². The Kier molecular flexibility index (Phi) is 17.6. The van der Waals surface area contributed by atoms with Crippen molar-refractivity contribution in [2.75, 3.05) is 19.8 Å². The molecule has 0 spiro atoms. The Labute approximate surface area is 142 Å². The second-order valence-electron chi connectivity index (χ2n) is 6.31. The summed E-state index contributed by atoms with van der Waals surface area (Å²) < 4.78 is 5.21. The SMILES string of the molecule is CCCCCCCCCC[C@@H](O)/C=C/CCCOC[C@@H](O)CO. The monoisotopic (exact) mass is 330 g/mol. The molecule has 0 radical (unpaired) electrons.